The molecule has 0 aliphatic carbocycles. The van der Waals surface area contributed by atoms with Crippen molar-refractivity contribution in [1.82, 2.24) is 20.1 Å². The van der Waals surface area contributed by atoms with E-state index in [1.165, 1.54) is 6.07 Å². The number of nitrogens with one attached hydrogen (secondary N) is 3. The highest BCUT2D eigenvalue weighted by atomic mass is 35.5. The Morgan fingerprint density at radius 1 is 1.07 bits per heavy atom. The maximum absolute atomic E-state index is 13.7. The first-order chi connectivity index (χ1) is 27.8. The molecule has 3 N–H and O–H groups in total. The van der Waals surface area contributed by atoms with E-state index in [9.17, 15) is 37.6 Å². The van der Waals surface area contributed by atoms with E-state index in [1.807, 2.05) is 13.0 Å². The van der Waals surface area contributed by atoms with Crippen LogP contribution in [-0.2, 0) is 31.8 Å². The summed E-state index contributed by atoms with van der Waals surface area (Å²) in [5.74, 6) is -0.718. The van der Waals surface area contributed by atoms with Crippen LogP contribution in [-0.4, -0.2) is 100.0 Å². The summed E-state index contributed by atoms with van der Waals surface area (Å²) in [5, 5.41) is 17.6. The minimum atomic E-state index is -4.86. The number of pyridine rings is 1. The molecule has 3 aliphatic rings. The highest BCUT2D eigenvalue weighted by Gasteiger charge is 2.51. The smallest absolute Gasteiger partial charge is 0.419 e. The standard InChI is InChI=1S/C41H46F3N9O5S.ClH/c1-6-25-18-28(53-38(59)52(37(57)40(53,4)5)29-20-30(41(42,43)44)32(21-45)46-22-29)10-12-33(25)58-17-16-50-14-15-51(39(2,3)24-50)23-35(55)48-27-9-7-8-26(19-27)47-31-11-13-34(54)49-36(31)56;/h7-10,12,18-20,22,31,47H,6,11,13-17,23-24H2,1-5H3,(H,48,55)(H,49,54,56);1H. The summed E-state index contributed by atoms with van der Waals surface area (Å²) >= 11 is 5.69. The van der Waals surface area contributed by atoms with E-state index in [0.717, 1.165) is 29.3 Å². The summed E-state index contributed by atoms with van der Waals surface area (Å²) in [5.41, 5.74) is -1.16. The molecule has 2 aromatic carbocycles. The van der Waals surface area contributed by atoms with E-state index in [1.54, 1.807) is 55.1 Å². The fourth-order valence-corrected chi connectivity index (χ4v) is 8.13. The van der Waals surface area contributed by atoms with Gasteiger partial charge in [-0.2, -0.15) is 18.4 Å². The quantitative estimate of drug-likeness (QED) is 0.155. The van der Waals surface area contributed by atoms with Crippen LogP contribution in [0.2, 0.25) is 0 Å². The first-order valence-corrected chi connectivity index (χ1v) is 19.6. The van der Waals surface area contributed by atoms with Crippen molar-refractivity contribution in [3.05, 3.63) is 71.5 Å². The lowest BCUT2D eigenvalue weighted by Gasteiger charge is -2.46. The summed E-state index contributed by atoms with van der Waals surface area (Å²) in [6, 6.07) is 14.2. The number of nitrogens with zero attached hydrogens (tertiary/aromatic N) is 6. The number of aromatic nitrogens is 1. The monoisotopic (exact) mass is 869 g/mol. The Balaban J connectivity index is 0.00000683. The second-order valence-corrected chi connectivity index (χ2v) is 16.2. The number of nitriles is 1. The van der Waals surface area contributed by atoms with Crippen LogP contribution in [0, 0.1) is 11.3 Å². The predicted octanol–water partition coefficient (Wildman–Crippen LogP) is 5.50. The summed E-state index contributed by atoms with van der Waals surface area (Å²) in [7, 11) is 0. The van der Waals surface area contributed by atoms with Crippen LogP contribution >= 0.6 is 24.6 Å². The SMILES string of the molecule is CCc1cc(N2C(=S)N(c3cnc(C#N)c(C(F)(F)F)c3)C(=O)C2(C)C)ccc1OCCN1CCN(CC(=O)Nc2cccc(NC3CCC(=O)NC3=O)c2)C(C)(C)C1.Cl. The molecule has 0 radical (unpaired) electrons. The molecule has 4 amide bonds. The Hall–Kier alpha value is -5.35. The normalized spacial score (nSPS) is 19.4. The van der Waals surface area contributed by atoms with Crippen molar-refractivity contribution in [3.63, 3.8) is 0 Å². The number of carbonyl (C=O) groups excluding carboxylic acids is 4. The zero-order valence-corrected chi connectivity index (χ0v) is 35.4. The van der Waals surface area contributed by atoms with Gasteiger partial charge in [0.25, 0.3) is 5.91 Å². The molecule has 1 unspecified atom stereocenters. The van der Waals surface area contributed by atoms with Gasteiger partial charge in [-0.05, 0) is 101 Å². The zero-order chi connectivity index (χ0) is 42.9. The van der Waals surface area contributed by atoms with Gasteiger partial charge in [-0.3, -0.25) is 39.2 Å². The Morgan fingerprint density at radius 3 is 2.47 bits per heavy atom. The number of hydrogen-bond acceptors (Lipinski definition) is 11. The minimum Gasteiger partial charge on any atom is -0.492 e. The number of piperidine rings is 1. The number of thiocarbonyl (C=S) groups is 1. The molecule has 3 saturated heterocycles. The third kappa shape index (κ3) is 9.81. The van der Waals surface area contributed by atoms with Gasteiger partial charge in [0.1, 0.15) is 30.0 Å². The average molecular weight is 870 g/mol. The molecule has 60 heavy (non-hydrogen) atoms. The number of aryl methyl sites for hydroxylation is 1. The molecule has 0 saturated carbocycles. The Kier molecular flexibility index (Phi) is 13.8. The molecule has 14 nitrogen and oxygen atoms in total. The molecule has 3 aromatic rings. The van der Waals surface area contributed by atoms with Gasteiger partial charge in [0, 0.05) is 55.2 Å². The van der Waals surface area contributed by atoms with Crippen LogP contribution in [0.15, 0.2) is 54.7 Å². The molecule has 19 heteroatoms. The fraction of sp³-hybridized carbons (Fsp3) is 0.439. The molecule has 3 fully saturated rings. The summed E-state index contributed by atoms with van der Waals surface area (Å²) < 4.78 is 47.5. The van der Waals surface area contributed by atoms with Gasteiger partial charge < -0.3 is 20.3 Å². The molecule has 6 rings (SSSR count). The highest BCUT2D eigenvalue weighted by molar-refractivity contribution is 7.81. The van der Waals surface area contributed by atoms with E-state index in [-0.39, 0.29) is 59.4 Å². The predicted molar refractivity (Wildman–Crippen MR) is 226 cm³/mol. The maximum Gasteiger partial charge on any atom is 0.419 e. The van der Waals surface area contributed by atoms with E-state index in [2.05, 4.69) is 44.6 Å². The van der Waals surface area contributed by atoms with Gasteiger partial charge >= 0.3 is 6.18 Å². The highest BCUT2D eigenvalue weighted by Crippen LogP contribution is 2.40. The van der Waals surface area contributed by atoms with Crippen molar-refractivity contribution in [2.45, 2.75) is 77.2 Å². The van der Waals surface area contributed by atoms with E-state index < -0.39 is 34.9 Å². The molecule has 3 aliphatic heterocycles. The Bertz CT molecular complexity index is 2220. The van der Waals surface area contributed by atoms with E-state index in [0.29, 0.717) is 61.9 Å². The van der Waals surface area contributed by atoms with Gasteiger partial charge in [0.2, 0.25) is 17.7 Å². The molecule has 320 valence electrons. The lowest BCUT2D eigenvalue weighted by molar-refractivity contribution is -0.138. The molecular formula is C41H47ClF3N9O5S. The third-order valence-electron chi connectivity index (χ3n) is 10.8. The van der Waals surface area contributed by atoms with Crippen LogP contribution in [0.5, 0.6) is 5.75 Å². The summed E-state index contributed by atoms with van der Waals surface area (Å²) in [6.07, 6.45) is -2.58. The number of alkyl halides is 3. The Labute approximate surface area is 357 Å². The zero-order valence-electron chi connectivity index (χ0n) is 33.8. The van der Waals surface area contributed by atoms with Crippen LogP contribution in [0.1, 0.15) is 64.3 Å². The van der Waals surface area contributed by atoms with Crippen LogP contribution < -0.4 is 30.5 Å². The number of imide groups is 1. The number of ether oxygens (including phenoxy) is 1. The average Bonchev–Trinajstić information content (AvgIpc) is 3.35. The second kappa shape index (κ2) is 18.1. The largest absolute Gasteiger partial charge is 0.492 e. The first kappa shape index (κ1) is 45.7. The molecule has 0 bridgehead atoms. The number of amides is 4. The number of hydrogen-bond donors (Lipinski definition) is 3. The van der Waals surface area contributed by atoms with E-state index in [4.69, 9.17) is 17.0 Å². The van der Waals surface area contributed by atoms with Crippen molar-refractivity contribution in [2.24, 2.45) is 0 Å². The number of carbonyl (C=O) groups is 4. The molecule has 0 spiro atoms. The third-order valence-corrected chi connectivity index (χ3v) is 11.1. The number of anilines is 4. The summed E-state index contributed by atoms with van der Waals surface area (Å²) in [4.78, 5) is 61.2. The molecular weight excluding hydrogens is 823 g/mol. The van der Waals surface area contributed by atoms with Crippen molar-refractivity contribution >= 4 is 76.1 Å². The van der Waals surface area contributed by atoms with Crippen molar-refractivity contribution in [3.8, 4) is 11.8 Å². The van der Waals surface area contributed by atoms with Crippen molar-refractivity contribution in [1.29, 1.82) is 5.26 Å². The van der Waals surface area contributed by atoms with Gasteiger partial charge in [0.05, 0.1) is 24.0 Å². The fourth-order valence-electron chi connectivity index (χ4n) is 7.61. The van der Waals surface area contributed by atoms with Crippen LogP contribution in [0.4, 0.5) is 35.9 Å². The maximum atomic E-state index is 13.7. The number of benzene rings is 2. The Morgan fingerprint density at radius 2 is 1.80 bits per heavy atom. The summed E-state index contributed by atoms with van der Waals surface area (Å²) in [6.45, 7) is 12.7. The van der Waals surface area contributed by atoms with Gasteiger partial charge in [-0.25, -0.2) is 4.98 Å². The minimum absolute atomic E-state index is 0. The molecule has 1 aromatic heterocycles. The van der Waals surface area contributed by atoms with Gasteiger partial charge in [-0.1, -0.05) is 13.0 Å². The van der Waals surface area contributed by atoms with E-state index >= 15 is 0 Å². The molecule has 1 atom stereocenters. The number of rotatable bonds is 12. The van der Waals surface area contributed by atoms with Crippen molar-refractivity contribution in [2.75, 3.05) is 59.8 Å². The second-order valence-electron chi connectivity index (χ2n) is 15.8. The molecule has 4 heterocycles. The van der Waals surface area contributed by atoms with Crippen molar-refractivity contribution < 1.29 is 37.1 Å². The van der Waals surface area contributed by atoms with Crippen LogP contribution in [0.25, 0.3) is 0 Å². The van der Waals surface area contributed by atoms with Gasteiger partial charge in [0.15, 0.2) is 10.8 Å². The topological polar surface area (TPSA) is 163 Å². The number of piperazine rings is 1. The number of halogens is 4. The van der Waals surface area contributed by atoms with Crippen LogP contribution in [0.3, 0.4) is 0 Å². The lowest BCUT2D eigenvalue weighted by atomic mass is 9.98. The van der Waals surface area contributed by atoms with Gasteiger partial charge in [-0.15, -0.1) is 12.4 Å². The first-order valence-electron chi connectivity index (χ1n) is 19.2. The lowest BCUT2D eigenvalue weighted by Crippen LogP contribution is -2.61.